The molecular weight excluding hydrogens is 408 g/mol. The predicted molar refractivity (Wildman–Crippen MR) is 125 cm³/mol. The monoisotopic (exact) mass is 432 g/mol. The van der Waals surface area contributed by atoms with Gasteiger partial charge in [0, 0.05) is 25.2 Å². The highest BCUT2D eigenvalue weighted by Crippen LogP contribution is 2.29. The third-order valence-corrected chi connectivity index (χ3v) is 6.22. The average molecular weight is 433 g/mol. The summed E-state index contributed by atoms with van der Waals surface area (Å²) in [5.74, 6) is -0.106. The predicted octanol–water partition coefficient (Wildman–Crippen LogP) is 4.34. The first-order chi connectivity index (χ1) is 14.9. The number of nitrogens with zero attached hydrogens (tertiary/aromatic N) is 3. The van der Waals surface area contributed by atoms with Gasteiger partial charge >= 0.3 is 0 Å². The second-order valence-electron chi connectivity index (χ2n) is 7.67. The van der Waals surface area contributed by atoms with Gasteiger partial charge in [-0.05, 0) is 36.2 Å². The van der Waals surface area contributed by atoms with E-state index >= 15 is 0 Å². The number of amides is 2. The first kappa shape index (κ1) is 20.8. The summed E-state index contributed by atoms with van der Waals surface area (Å²) in [6.07, 6.45) is 0.342. The van der Waals surface area contributed by atoms with Gasteiger partial charge in [0.2, 0.25) is 5.91 Å². The van der Waals surface area contributed by atoms with Crippen molar-refractivity contribution in [1.29, 1.82) is 0 Å². The van der Waals surface area contributed by atoms with Crippen LogP contribution in [0.25, 0.3) is 10.2 Å². The molecule has 158 valence electrons. The number of anilines is 1. The number of carbonyl (C=O) groups is 2. The molecular formula is C24H24N4O2S. The molecule has 31 heavy (non-hydrogen) atoms. The lowest BCUT2D eigenvalue weighted by atomic mass is 10.1. The van der Waals surface area contributed by atoms with Crippen LogP contribution in [-0.4, -0.2) is 40.6 Å². The summed E-state index contributed by atoms with van der Waals surface area (Å²) in [5.41, 5.74) is 3.69. The van der Waals surface area contributed by atoms with Crippen LogP contribution in [0.5, 0.6) is 0 Å². The number of aromatic nitrogens is 2. The maximum atomic E-state index is 12.8. The molecule has 0 saturated heterocycles. The molecule has 0 saturated carbocycles. The standard InChI is InChI=1S/C24H24N4O2S/c1-16-20-14-21(31-24(20)28(26-16)15-18-7-5-4-6-8-18)23(30)25-19-11-9-17(10-12-19)13-22(29)27(2)3/h4-12,14H,13,15H2,1-3H3,(H,25,30). The molecule has 7 heteroatoms. The van der Waals surface area contributed by atoms with E-state index in [0.29, 0.717) is 23.5 Å². The summed E-state index contributed by atoms with van der Waals surface area (Å²) in [4.78, 5) is 27.9. The van der Waals surface area contributed by atoms with Gasteiger partial charge in [0.05, 0.1) is 23.5 Å². The maximum Gasteiger partial charge on any atom is 0.265 e. The second-order valence-corrected chi connectivity index (χ2v) is 8.70. The molecule has 2 aromatic carbocycles. The highest BCUT2D eigenvalue weighted by Gasteiger charge is 2.17. The summed E-state index contributed by atoms with van der Waals surface area (Å²) in [6.45, 7) is 2.63. The molecule has 0 unspecified atom stereocenters. The largest absolute Gasteiger partial charge is 0.349 e. The van der Waals surface area contributed by atoms with Gasteiger partial charge in [0.25, 0.3) is 5.91 Å². The van der Waals surface area contributed by atoms with Gasteiger partial charge in [-0.25, -0.2) is 0 Å². The van der Waals surface area contributed by atoms with Gasteiger partial charge in [-0.15, -0.1) is 11.3 Å². The van der Waals surface area contributed by atoms with Crippen LogP contribution in [0, 0.1) is 6.92 Å². The summed E-state index contributed by atoms with van der Waals surface area (Å²) in [6, 6.07) is 19.4. The molecule has 0 bridgehead atoms. The van der Waals surface area contributed by atoms with E-state index in [1.807, 2.05) is 60.1 Å². The van der Waals surface area contributed by atoms with E-state index in [1.54, 1.807) is 19.0 Å². The van der Waals surface area contributed by atoms with Crippen molar-refractivity contribution in [3.05, 3.63) is 82.4 Å². The molecule has 0 aliphatic carbocycles. The minimum absolute atomic E-state index is 0.0435. The summed E-state index contributed by atoms with van der Waals surface area (Å²) in [5, 5.41) is 8.59. The first-order valence-electron chi connectivity index (χ1n) is 10.0. The Morgan fingerprint density at radius 3 is 2.42 bits per heavy atom. The number of carbonyl (C=O) groups excluding carboxylic acids is 2. The van der Waals surface area contributed by atoms with Crippen LogP contribution in [0.4, 0.5) is 5.69 Å². The summed E-state index contributed by atoms with van der Waals surface area (Å²) < 4.78 is 1.96. The first-order valence-corrected chi connectivity index (χ1v) is 10.8. The molecule has 0 atom stereocenters. The molecule has 0 spiro atoms. The van der Waals surface area contributed by atoms with E-state index in [2.05, 4.69) is 22.5 Å². The number of hydrogen-bond acceptors (Lipinski definition) is 4. The fraction of sp³-hybridized carbons (Fsp3) is 0.208. The van der Waals surface area contributed by atoms with Gasteiger partial charge in [0.1, 0.15) is 4.83 Å². The zero-order chi connectivity index (χ0) is 22.0. The lowest BCUT2D eigenvalue weighted by Crippen LogP contribution is -2.23. The Hall–Kier alpha value is -3.45. The molecule has 0 aliphatic heterocycles. The van der Waals surface area contributed by atoms with Gasteiger partial charge in [-0.1, -0.05) is 42.5 Å². The third-order valence-electron chi connectivity index (χ3n) is 5.07. The van der Waals surface area contributed by atoms with Crippen molar-refractivity contribution in [2.45, 2.75) is 19.9 Å². The van der Waals surface area contributed by atoms with Crippen molar-refractivity contribution in [2.24, 2.45) is 0 Å². The molecule has 2 heterocycles. The Kier molecular flexibility index (Phi) is 5.86. The molecule has 4 rings (SSSR count). The highest BCUT2D eigenvalue weighted by molar-refractivity contribution is 7.20. The number of thiophene rings is 1. The van der Waals surface area contributed by atoms with Crippen LogP contribution in [0.2, 0.25) is 0 Å². The number of likely N-dealkylation sites (N-methyl/N-ethyl adjacent to an activating group) is 1. The second kappa shape index (κ2) is 8.73. The SMILES string of the molecule is Cc1nn(Cc2ccccc2)c2sc(C(=O)Nc3ccc(CC(=O)N(C)C)cc3)cc12. The van der Waals surface area contributed by atoms with Crippen molar-refractivity contribution >= 4 is 39.1 Å². The molecule has 2 amide bonds. The minimum Gasteiger partial charge on any atom is -0.349 e. The van der Waals surface area contributed by atoms with E-state index in [9.17, 15) is 9.59 Å². The van der Waals surface area contributed by atoms with Crippen molar-refractivity contribution in [3.8, 4) is 0 Å². The van der Waals surface area contributed by atoms with Crippen molar-refractivity contribution < 1.29 is 9.59 Å². The fourth-order valence-electron chi connectivity index (χ4n) is 3.32. The Labute approximate surface area is 185 Å². The van der Waals surface area contributed by atoms with Crippen LogP contribution in [0.15, 0.2) is 60.7 Å². The van der Waals surface area contributed by atoms with Gasteiger partial charge in [-0.3, -0.25) is 14.3 Å². The average Bonchev–Trinajstić information content (AvgIpc) is 3.31. The lowest BCUT2D eigenvalue weighted by Gasteiger charge is -2.10. The van der Waals surface area contributed by atoms with Crippen LogP contribution in [0.1, 0.15) is 26.5 Å². The molecule has 4 aromatic rings. The topological polar surface area (TPSA) is 67.2 Å². The highest BCUT2D eigenvalue weighted by atomic mass is 32.1. The molecule has 1 N–H and O–H groups in total. The number of hydrogen-bond donors (Lipinski definition) is 1. The van der Waals surface area contributed by atoms with E-state index in [-0.39, 0.29) is 11.8 Å². The normalized spacial score (nSPS) is 10.9. The number of rotatable bonds is 6. The van der Waals surface area contributed by atoms with Crippen molar-refractivity contribution in [1.82, 2.24) is 14.7 Å². The molecule has 0 radical (unpaired) electrons. The van der Waals surface area contributed by atoms with E-state index in [4.69, 9.17) is 0 Å². The Bertz CT molecular complexity index is 1220. The zero-order valence-corrected chi connectivity index (χ0v) is 18.6. The smallest absolute Gasteiger partial charge is 0.265 e. The number of fused-ring (bicyclic) bond motifs is 1. The molecule has 0 fully saturated rings. The summed E-state index contributed by atoms with van der Waals surface area (Å²) >= 11 is 1.44. The van der Waals surface area contributed by atoms with Crippen LogP contribution in [-0.2, 0) is 17.8 Å². The lowest BCUT2D eigenvalue weighted by molar-refractivity contribution is -0.127. The fourth-order valence-corrected chi connectivity index (χ4v) is 4.38. The van der Waals surface area contributed by atoms with Crippen molar-refractivity contribution in [2.75, 3.05) is 19.4 Å². The van der Waals surface area contributed by atoms with Gasteiger partial charge < -0.3 is 10.2 Å². The van der Waals surface area contributed by atoms with Crippen LogP contribution in [0.3, 0.4) is 0 Å². The third kappa shape index (κ3) is 4.67. The zero-order valence-electron chi connectivity index (χ0n) is 17.8. The Morgan fingerprint density at radius 2 is 1.74 bits per heavy atom. The van der Waals surface area contributed by atoms with Crippen LogP contribution < -0.4 is 5.32 Å². The van der Waals surface area contributed by atoms with Gasteiger partial charge in [0.15, 0.2) is 0 Å². The molecule has 2 aromatic heterocycles. The van der Waals surface area contributed by atoms with Crippen LogP contribution >= 0.6 is 11.3 Å². The molecule has 0 aliphatic rings. The van der Waals surface area contributed by atoms with E-state index < -0.39 is 0 Å². The Morgan fingerprint density at radius 1 is 1.03 bits per heavy atom. The minimum atomic E-state index is -0.149. The number of benzene rings is 2. The van der Waals surface area contributed by atoms with E-state index in [0.717, 1.165) is 21.5 Å². The Balaban J connectivity index is 1.49. The molecule has 6 nitrogen and oxygen atoms in total. The van der Waals surface area contributed by atoms with Crippen molar-refractivity contribution in [3.63, 3.8) is 0 Å². The maximum absolute atomic E-state index is 12.8. The quantitative estimate of drug-likeness (QED) is 0.493. The summed E-state index contributed by atoms with van der Waals surface area (Å²) in [7, 11) is 3.48. The van der Waals surface area contributed by atoms with E-state index in [1.165, 1.54) is 16.9 Å². The number of nitrogens with one attached hydrogen (secondary N) is 1. The van der Waals surface area contributed by atoms with Gasteiger partial charge in [-0.2, -0.15) is 5.10 Å². The number of aryl methyl sites for hydroxylation is 1.